The van der Waals surface area contributed by atoms with Crippen molar-refractivity contribution < 1.29 is 14.6 Å². The van der Waals surface area contributed by atoms with E-state index < -0.39 is 0 Å². The normalized spacial score (nSPS) is 28.8. The lowest BCUT2D eigenvalue weighted by Gasteiger charge is -2.15. The molecule has 1 saturated heterocycles. The molecule has 5 heteroatoms. The second-order valence-electron chi connectivity index (χ2n) is 3.65. The molecule has 0 aromatic rings. The highest BCUT2D eigenvalue weighted by molar-refractivity contribution is 5.82. The summed E-state index contributed by atoms with van der Waals surface area (Å²) < 4.78 is 5.13. The standard InChI is InChI=1S/C9H18N2O3/c1-6(5-12)11-9(13)8-3-7(14-2)4-10-8/h6-8,10,12H,3-5H2,1-2H3,(H,11,13)/t6-,7?,8?/m0/s1. The van der Waals surface area contributed by atoms with Crippen LogP contribution >= 0.6 is 0 Å². The van der Waals surface area contributed by atoms with E-state index in [-0.39, 0.29) is 30.7 Å². The molecule has 3 atom stereocenters. The molecule has 0 saturated carbocycles. The Labute approximate surface area is 83.8 Å². The minimum absolute atomic E-state index is 0.0355. The maximum atomic E-state index is 11.5. The molecular weight excluding hydrogens is 184 g/mol. The quantitative estimate of drug-likeness (QED) is 0.539. The number of carbonyl (C=O) groups is 1. The molecule has 0 spiro atoms. The molecule has 0 aliphatic carbocycles. The van der Waals surface area contributed by atoms with Crippen molar-refractivity contribution in [2.45, 2.75) is 31.5 Å². The number of nitrogens with one attached hydrogen (secondary N) is 2. The molecular formula is C9H18N2O3. The van der Waals surface area contributed by atoms with Gasteiger partial charge in [0.15, 0.2) is 0 Å². The highest BCUT2D eigenvalue weighted by atomic mass is 16.5. The van der Waals surface area contributed by atoms with Gasteiger partial charge in [0.1, 0.15) is 0 Å². The van der Waals surface area contributed by atoms with Crippen LogP contribution in [0.3, 0.4) is 0 Å². The van der Waals surface area contributed by atoms with Crippen molar-refractivity contribution in [1.29, 1.82) is 0 Å². The van der Waals surface area contributed by atoms with Crippen LogP contribution in [-0.2, 0) is 9.53 Å². The van der Waals surface area contributed by atoms with Crippen molar-refractivity contribution in [3.63, 3.8) is 0 Å². The van der Waals surface area contributed by atoms with Crippen LogP contribution in [0, 0.1) is 0 Å². The Morgan fingerprint density at radius 1 is 1.79 bits per heavy atom. The van der Waals surface area contributed by atoms with Gasteiger partial charge in [0, 0.05) is 19.7 Å². The number of hydrogen-bond donors (Lipinski definition) is 3. The second kappa shape index (κ2) is 5.29. The molecule has 1 aliphatic heterocycles. The molecule has 0 aromatic heterocycles. The fourth-order valence-corrected chi connectivity index (χ4v) is 1.47. The highest BCUT2D eigenvalue weighted by Crippen LogP contribution is 2.09. The van der Waals surface area contributed by atoms with Crippen molar-refractivity contribution in [2.75, 3.05) is 20.3 Å². The molecule has 1 heterocycles. The van der Waals surface area contributed by atoms with Crippen molar-refractivity contribution in [3.8, 4) is 0 Å². The van der Waals surface area contributed by atoms with Crippen LogP contribution in [0.25, 0.3) is 0 Å². The number of methoxy groups -OCH3 is 1. The molecule has 82 valence electrons. The zero-order chi connectivity index (χ0) is 10.6. The number of aliphatic hydroxyl groups excluding tert-OH is 1. The molecule has 1 rings (SSSR count). The van der Waals surface area contributed by atoms with E-state index in [1.54, 1.807) is 14.0 Å². The topological polar surface area (TPSA) is 70.6 Å². The number of ether oxygens (including phenoxy) is 1. The zero-order valence-corrected chi connectivity index (χ0v) is 8.62. The largest absolute Gasteiger partial charge is 0.394 e. The molecule has 5 nitrogen and oxygen atoms in total. The van der Waals surface area contributed by atoms with Crippen molar-refractivity contribution in [1.82, 2.24) is 10.6 Å². The van der Waals surface area contributed by atoms with Gasteiger partial charge in [-0.1, -0.05) is 0 Å². The first-order chi connectivity index (χ1) is 6.67. The molecule has 1 aliphatic rings. The first-order valence-electron chi connectivity index (χ1n) is 4.84. The third kappa shape index (κ3) is 2.94. The Bertz CT molecular complexity index is 198. The van der Waals surface area contributed by atoms with Gasteiger partial charge in [-0.05, 0) is 13.3 Å². The maximum absolute atomic E-state index is 11.5. The number of rotatable bonds is 4. The van der Waals surface area contributed by atoms with Crippen molar-refractivity contribution in [2.24, 2.45) is 0 Å². The molecule has 14 heavy (non-hydrogen) atoms. The third-order valence-corrected chi connectivity index (χ3v) is 2.40. The summed E-state index contributed by atoms with van der Waals surface area (Å²) in [5.74, 6) is -0.0638. The maximum Gasteiger partial charge on any atom is 0.237 e. The Hall–Kier alpha value is -0.650. The molecule has 2 unspecified atom stereocenters. The first-order valence-corrected chi connectivity index (χ1v) is 4.84. The van der Waals surface area contributed by atoms with Crippen LogP contribution in [0.15, 0.2) is 0 Å². The Morgan fingerprint density at radius 2 is 2.50 bits per heavy atom. The summed E-state index contributed by atoms with van der Waals surface area (Å²) in [7, 11) is 1.64. The summed E-state index contributed by atoms with van der Waals surface area (Å²) in [4.78, 5) is 11.5. The number of aliphatic hydroxyl groups is 1. The number of carbonyl (C=O) groups excluding carboxylic acids is 1. The zero-order valence-electron chi connectivity index (χ0n) is 8.62. The van der Waals surface area contributed by atoms with Crippen LogP contribution in [-0.4, -0.2) is 49.5 Å². The average molecular weight is 202 g/mol. The third-order valence-electron chi connectivity index (χ3n) is 2.40. The molecule has 0 aromatic carbocycles. The Morgan fingerprint density at radius 3 is 3.00 bits per heavy atom. The van der Waals surface area contributed by atoms with Gasteiger partial charge < -0.3 is 20.5 Å². The molecule has 0 radical (unpaired) electrons. The monoisotopic (exact) mass is 202 g/mol. The van der Waals surface area contributed by atoms with E-state index in [0.29, 0.717) is 13.0 Å². The summed E-state index contributed by atoms with van der Waals surface area (Å²) in [5, 5.41) is 14.5. The Balaban J connectivity index is 2.32. The van der Waals surface area contributed by atoms with Gasteiger partial charge in [0.05, 0.1) is 18.8 Å². The van der Waals surface area contributed by atoms with Gasteiger partial charge in [-0.3, -0.25) is 4.79 Å². The van der Waals surface area contributed by atoms with Crippen molar-refractivity contribution >= 4 is 5.91 Å². The fraction of sp³-hybridized carbons (Fsp3) is 0.889. The summed E-state index contributed by atoms with van der Waals surface area (Å²) in [5.41, 5.74) is 0. The van der Waals surface area contributed by atoms with Gasteiger partial charge in [-0.2, -0.15) is 0 Å². The molecule has 1 amide bonds. The lowest BCUT2D eigenvalue weighted by Crippen LogP contribution is -2.45. The Kier molecular flexibility index (Phi) is 4.31. The molecule has 3 N–H and O–H groups in total. The lowest BCUT2D eigenvalue weighted by atomic mass is 10.2. The van der Waals surface area contributed by atoms with Crippen LogP contribution in [0.1, 0.15) is 13.3 Å². The van der Waals surface area contributed by atoms with E-state index in [1.807, 2.05) is 0 Å². The fourth-order valence-electron chi connectivity index (χ4n) is 1.47. The molecule has 0 bridgehead atoms. The summed E-state index contributed by atoms with van der Waals surface area (Å²) in [6, 6.07) is -0.375. The van der Waals surface area contributed by atoms with Crippen LogP contribution in [0.4, 0.5) is 0 Å². The predicted octanol–water partition coefficient (Wildman–Crippen LogP) is -1.14. The van der Waals surface area contributed by atoms with Gasteiger partial charge in [-0.15, -0.1) is 0 Å². The van der Waals surface area contributed by atoms with Gasteiger partial charge in [0.25, 0.3) is 0 Å². The summed E-state index contributed by atoms with van der Waals surface area (Å²) in [6.45, 7) is 2.44. The average Bonchev–Trinajstić information content (AvgIpc) is 2.65. The van der Waals surface area contributed by atoms with Gasteiger partial charge in [-0.25, -0.2) is 0 Å². The van der Waals surface area contributed by atoms with E-state index >= 15 is 0 Å². The van der Waals surface area contributed by atoms with Crippen LogP contribution in [0.2, 0.25) is 0 Å². The lowest BCUT2D eigenvalue weighted by molar-refractivity contribution is -0.123. The van der Waals surface area contributed by atoms with E-state index in [2.05, 4.69) is 10.6 Å². The molecule has 1 fully saturated rings. The van der Waals surface area contributed by atoms with Crippen LogP contribution < -0.4 is 10.6 Å². The summed E-state index contributed by atoms with van der Waals surface area (Å²) >= 11 is 0. The van der Waals surface area contributed by atoms with Crippen LogP contribution in [0.5, 0.6) is 0 Å². The van der Waals surface area contributed by atoms with E-state index in [9.17, 15) is 4.79 Å². The predicted molar refractivity (Wildman–Crippen MR) is 51.9 cm³/mol. The highest BCUT2D eigenvalue weighted by Gasteiger charge is 2.29. The van der Waals surface area contributed by atoms with E-state index in [4.69, 9.17) is 9.84 Å². The second-order valence-corrected chi connectivity index (χ2v) is 3.65. The van der Waals surface area contributed by atoms with Gasteiger partial charge >= 0.3 is 0 Å². The van der Waals surface area contributed by atoms with Crippen molar-refractivity contribution in [3.05, 3.63) is 0 Å². The first kappa shape index (κ1) is 11.4. The van der Waals surface area contributed by atoms with E-state index in [1.165, 1.54) is 0 Å². The SMILES string of the molecule is COC1CNC(C(=O)N[C@@H](C)CO)C1. The number of amides is 1. The minimum Gasteiger partial charge on any atom is -0.394 e. The van der Waals surface area contributed by atoms with Gasteiger partial charge in [0.2, 0.25) is 5.91 Å². The minimum atomic E-state index is -0.189. The smallest absolute Gasteiger partial charge is 0.237 e. The summed E-state index contributed by atoms with van der Waals surface area (Å²) in [6.07, 6.45) is 0.815. The number of hydrogen-bond acceptors (Lipinski definition) is 4. The van der Waals surface area contributed by atoms with E-state index in [0.717, 1.165) is 0 Å².